The van der Waals surface area contributed by atoms with E-state index in [-0.39, 0.29) is 29.7 Å². The Morgan fingerprint density at radius 2 is 1.73 bits per heavy atom. The van der Waals surface area contributed by atoms with E-state index >= 15 is 4.39 Å². The number of carbonyl (C=O) groups is 2. The number of piperidine rings is 1. The van der Waals surface area contributed by atoms with Crippen molar-refractivity contribution in [1.82, 2.24) is 10.2 Å². The maximum atomic E-state index is 15.1. The van der Waals surface area contributed by atoms with Crippen LogP contribution in [0.3, 0.4) is 0 Å². The Labute approximate surface area is 236 Å². The maximum Gasteiger partial charge on any atom is 0.407 e. The fourth-order valence-corrected chi connectivity index (χ4v) is 6.86. The molecule has 2 amide bonds. The van der Waals surface area contributed by atoms with Crippen LogP contribution >= 0.6 is 11.3 Å². The minimum Gasteiger partial charge on any atom is -0.444 e. The molecule has 2 aliphatic rings. The first-order valence-corrected chi connectivity index (χ1v) is 14.1. The number of hydrogen-bond donors (Lipinski definition) is 1. The van der Waals surface area contributed by atoms with Gasteiger partial charge in [0, 0.05) is 34.1 Å². The van der Waals surface area contributed by atoms with Crippen molar-refractivity contribution in [2.45, 2.75) is 77.1 Å². The maximum absolute atomic E-state index is 15.1. The van der Waals surface area contributed by atoms with Crippen LogP contribution < -0.4 is 5.32 Å². The van der Waals surface area contributed by atoms with Crippen LogP contribution in [0.15, 0.2) is 42.5 Å². The van der Waals surface area contributed by atoms with Gasteiger partial charge in [0.25, 0.3) is 5.91 Å². The molecule has 2 bridgehead atoms. The van der Waals surface area contributed by atoms with Gasteiger partial charge in [-0.15, -0.1) is 11.3 Å². The smallest absolute Gasteiger partial charge is 0.407 e. The second-order valence-corrected chi connectivity index (χ2v) is 12.6. The molecule has 5 rings (SSSR count). The van der Waals surface area contributed by atoms with E-state index in [1.54, 1.807) is 31.2 Å². The molecule has 208 valence electrons. The van der Waals surface area contributed by atoms with Gasteiger partial charge in [-0.2, -0.15) is 0 Å². The van der Waals surface area contributed by atoms with Crippen molar-refractivity contribution in [2.24, 2.45) is 0 Å². The molecular weight excluding hydrogens is 532 g/mol. The van der Waals surface area contributed by atoms with Crippen LogP contribution in [0, 0.1) is 25.1 Å². The summed E-state index contributed by atoms with van der Waals surface area (Å²) in [5, 5.41) is 2.96. The van der Waals surface area contributed by atoms with Crippen LogP contribution in [0.4, 0.5) is 19.3 Å². The molecule has 6 nitrogen and oxygen atoms in total. The summed E-state index contributed by atoms with van der Waals surface area (Å²) in [6, 6.07) is 10.7. The highest BCUT2D eigenvalue weighted by molar-refractivity contribution is 7.18. The van der Waals surface area contributed by atoms with Gasteiger partial charge in [-0.25, -0.2) is 18.4 Å². The monoisotopic (exact) mass is 563 g/mol. The van der Waals surface area contributed by atoms with E-state index in [4.69, 9.17) is 11.3 Å². The number of fused-ring (bicyclic) bond motifs is 2. The zero-order valence-corrected chi connectivity index (χ0v) is 23.7. The standard InChI is InChI=1S/C31H31F2N3O3S/c1-17-6-10-22(24(32)12-17)28-23(18-7-11-26(34-5)25(33)13-18)16-27(40-28)29(37)36-20-8-9-21(36)15-19(14-20)35-30(38)39-31(2,3)4/h6-7,10-13,16,19-21H,8-9,14-15H2,1-4H3,(H,35,38). The average molecular weight is 564 g/mol. The fourth-order valence-electron chi connectivity index (χ4n) is 5.71. The van der Waals surface area contributed by atoms with Gasteiger partial charge >= 0.3 is 6.09 Å². The van der Waals surface area contributed by atoms with Gasteiger partial charge in [-0.1, -0.05) is 24.3 Å². The van der Waals surface area contributed by atoms with Crippen LogP contribution in [-0.4, -0.2) is 40.6 Å². The normalized spacial score (nSPS) is 20.2. The van der Waals surface area contributed by atoms with E-state index in [0.29, 0.717) is 39.3 Å². The zero-order chi connectivity index (χ0) is 28.8. The van der Waals surface area contributed by atoms with Gasteiger partial charge in [0.1, 0.15) is 17.2 Å². The Kier molecular flexibility index (Phi) is 7.40. The zero-order valence-electron chi connectivity index (χ0n) is 22.9. The van der Waals surface area contributed by atoms with Crippen molar-refractivity contribution in [3.8, 4) is 21.6 Å². The number of benzene rings is 2. The molecule has 0 saturated carbocycles. The number of nitrogens with zero attached hydrogens (tertiary/aromatic N) is 2. The van der Waals surface area contributed by atoms with E-state index in [1.807, 2.05) is 25.7 Å². The van der Waals surface area contributed by atoms with Crippen molar-refractivity contribution in [2.75, 3.05) is 0 Å². The first-order valence-electron chi connectivity index (χ1n) is 13.3. The summed E-state index contributed by atoms with van der Waals surface area (Å²) < 4.78 is 35.1. The average Bonchev–Trinajstić information content (AvgIpc) is 3.41. The number of thiophene rings is 1. The number of ether oxygens (including phenoxy) is 1. The third kappa shape index (κ3) is 5.59. The quantitative estimate of drug-likeness (QED) is 0.329. The number of rotatable bonds is 4. The Morgan fingerprint density at radius 1 is 1.02 bits per heavy atom. The molecule has 2 aromatic carbocycles. The fraction of sp³-hybridized carbons (Fsp3) is 0.387. The molecule has 9 heteroatoms. The van der Waals surface area contributed by atoms with Gasteiger partial charge in [0.15, 0.2) is 0 Å². The molecule has 0 radical (unpaired) electrons. The number of halogens is 2. The topological polar surface area (TPSA) is 63.0 Å². The summed E-state index contributed by atoms with van der Waals surface area (Å²) in [5.74, 6) is -1.24. The van der Waals surface area contributed by atoms with E-state index < -0.39 is 23.3 Å². The van der Waals surface area contributed by atoms with Crippen molar-refractivity contribution in [3.63, 3.8) is 0 Å². The lowest BCUT2D eigenvalue weighted by Gasteiger charge is -2.39. The van der Waals surface area contributed by atoms with Crippen molar-refractivity contribution in [1.29, 1.82) is 0 Å². The van der Waals surface area contributed by atoms with E-state index in [2.05, 4.69) is 10.2 Å². The lowest BCUT2D eigenvalue weighted by molar-refractivity contribution is 0.0419. The summed E-state index contributed by atoms with van der Waals surface area (Å²) in [4.78, 5) is 32.3. The molecule has 2 atom stereocenters. The van der Waals surface area contributed by atoms with Crippen LogP contribution in [0.2, 0.25) is 0 Å². The minimum atomic E-state index is -0.667. The number of alkyl carbamates (subject to hydrolysis) is 1. The third-order valence-electron chi connectivity index (χ3n) is 7.38. The Hall–Kier alpha value is -3.77. The predicted molar refractivity (Wildman–Crippen MR) is 151 cm³/mol. The minimum absolute atomic E-state index is 0.0355. The number of nitrogens with one attached hydrogen (secondary N) is 1. The second kappa shape index (κ2) is 10.7. The highest BCUT2D eigenvalue weighted by Gasteiger charge is 2.44. The number of hydrogen-bond acceptors (Lipinski definition) is 4. The Bertz CT molecular complexity index is 1510. The summed E-state index contributed by atoms with van der Waals surface area (Å²) in [6.45, 7) is 14.4. The number of carbonyl (C=O) groups excluding carboxylic acids is 2. The molecule has 2 unspecified atom stereocenters. The van der Waals surface area contributed by atoms with Crippen LogP contribution in [0.5, 0.6) is 0 Å². The molecule has 0 aliphatic carbocycles. The van der Waals surface area contributed by atoms with Crippen LogP contribution in [0.25, 0.3) is 26.4 Å². The number of amides is 2. The highest BCUT2D eigenvalue weighted by atomic mass is 32.1. The molecular formula is C31H31F2N3O3S. The third-order valence-corrected chi connectivity index (χ3v) is 8.54. The van der Waals surface area contributed by atoms with Gasteiger partial charge < -0.3 is 15.0 Å². The second-order valence-electron chi connectivity index (χ2n) is 11.5. The van der Waals surface area contributed by atoms with Gasteiger partial charge in [-0.05, 0) is 82.7 Å². The largest absolute Gasteiger partial charge is 0.444 e. The molecule has 3 heterocycles. The van der Waals surface area contributed by atoms with Crippen molar-refractivity contribution < 1.29 is 23.1 Å². The Morgan fingerprint density at radius 3 is 2.33 bits per heavy atom. The summed E-state index contributed by atoms with van der Waals surface area (Å²) in [6.07, 6.45) is 2.47. The van der Waals surface area contributed by atoms with Gasteiger partial charge in [-0.3, -0.25) is 4.79 Å². The summed E-state index contributed by atoms with van der Waals surface area (Å²) in [7, 11) is 0. The van der Waals surface area contributed by atoms with E-state index in [0.717, 1.165) is 18.4 Å². The highest BCUT2D eigenvalue weighted by Crippen LogP contribution is 2.44. The number of aryl methyl sites for hydroxylation is 1. The molecule has 1 aromatic heterocycles. The molecule has 3 aromatic rings. The molecule has 1 N–H and O–H groups in total. The molecule has 2 saturated heterocycles. The van der Waals surface area contributed by atoms with Crippen LogP contribution in [0.1, 0.15) is 61.7 Å². The molecule has 0 spiro atoms. The summed E-state index contributed by atoms with van der Waals surface area (Å²) >= 11 is 1.19. The molecule has 2 fully saturated rings. The first-order chi connectivity index (χ1) is 18.9. The molecule has 40 heavy (non-hydrogen) atoms. The molecule has 2 aliphatic heterocycles. The lowest BCUT2D eigenvalue weighted by atomic mass is 9.97. The van der Waals surface area contributed by atoms with Crippen LogP contribution in [-0.2, 0) is 4.74 Å². The predicted octanol–water partition coefficient (Wildman–Crippen LogP) is 7.88. The van der Waals surface area contributed by atoms with Gasteiger partial charge in [0.05, 0.1) is 11.4 Å². The van der Waals surface area contributed by atoms with Crippen molar-refractivity contribution in [3.05, 3.63) is 76.0 Å². The summed E-state index contributed by atoms with van der Waals surface area (Å²) in [5.41, 5.74) is 1.42. The van der Waals surface area contributed by atoms with Crippen molar-refractivity contribution >= 4 is 29.0 Å². The van der Waals surface area contributed by atoms with E-state index in [9.17, 15) is 14.0 Å². The first kappa shape index (κ1) is 27.8. The SMILES string of the molecule is [C-]#[N+]c1ccc(-c2cc(C(=O)N3C4CCC3CC(NC(=O)OC(C)(C)C)C4)sc2-c2ccc(C)cc2F)cc1F. The van der Waals surface area contributed by atoms with E-state index in [1.165, 1.54) is 29.5 Å². The lowest BCUT2D eigenvalue weighted by Crippen LogP contribution is -2.52. The Balaban J connectivity index is 1.45. The van der Waals surface area contributed by atoms with Gasteiger partial charge in [0.2, 0.25) is 5.69 Å².